The van der Waals surface area contributed by atoms with E-state index in [1.165, 1.54) is 24.0 Å². The maximum absolute atomic E-state index is 12.9. The monoisotopic (exact) mass is 433 g/mol. The normalized spacial score (nSPS) is 22.6. The minimum Gasteiger partial charge on any atom is -0.495 e. The predicted octanol–water partition coefficient (Wildman–Crippen LogP) is 5.65. The maximum Gasteiger partial charge on any atom is 0.321 e. The quantitative estimate of drug-likeness (QED) is 0.662. The van der Waals surface area contributed by atoms with Gasteiger partial charge in [-0.15, -0.1) is 0 Å². The SMILES string of the molecule is COc1ccccc1NC(=O)N1CCC2(CC1)CN(C(C)C)C2c1ccc(C2CC2)cc1. The number of nitrogens with one attached hydrogen (secondary N) is 1. The number of hydrogen-bond donors (Lipinski definition) is 1. The van der Waals surface area contributed by atoms with Crippen molar-refractivity contribution < 1.29 is 9.53 Å². The first-order valence-electron chi connectivity index (χ1n) is 12.1. The van der Waals surface area contributed by atoms with Crippen molar-refractivity contribution in [1.82, 2.24) is 9.80 Å². The Kier molecular flexibility index (Phi) is 5.62. The second kappa shape index (κ2) is 8.43. The Labute approximate surface area is 191 Å². The van der Waals surface area contributed by atoms with Gasteiger partial charge in [0.05, 0.1) is 12.8 Å². The molecule has 2 saturated heterocycles. The van der Waals surface area contributed by atoms with Crippen LogP contribution in [0.4, 0.5) is 10.5 Å². The topological polar surface area (TPSA) is 44.8 Å². The van der Waals surface area contributed by atoms with Crippen molar-refractivity contribution in [2.24, 2.45) is 5.41 Å². The summed E-state index contributed by atoms with van der Waals surface area (Å²) in [5.41, 5.74) is 3.94. The van der Waals surface area contributed by atoms with Gasteiger partial charge in [0.25, 0.3) is 0 Å². The van der Waals surface area contributed by atoms with E-state index < -0.39 is 0 Å². The standard InChI is InChI=1S/C27H35N3O2/c1-19(2)30-18-27(25(30)22-12-10-21(11-13-22)20-8-9-20)14-16-29(17-15-27)26(31)28-23-6-4-5-7-24(23)32-3/h4-7,10-13,19-20,25H,8-9,14-18H2,1-3H3,(H,28,31). The molecule has 1 aliphatic carbocycles. The zero-order chi connectivity index (χ0) is 22.3. The molecule has 1 spiro atoms. The van der Waals surface area contributed by atoms with Crippen molar-refractivity contribution >= 4 is 11.7 Å². The average molecular weight is 434 g/mol. The summed E-state index contributed by atoms with van der Waals surface area (Å²) in [6, 6.07) is 18.0. The number of ether oxygens (including phenoxy) is 1. The van der Waals surface area contributed by atoms with Crippen LogP contribution in [-0.4, -0.2) is 48.6 Å². The lowest BCUT2D eigenvalue weighted by Crippen LogP contribution is -2.64. The number of para-hydroxylation sites is 2. The van der Waals surface area contributed by atoms with Crippen molar-refractivity contribution in [2.45, 2.75) is 57.5 Å². The molecule has 2 aromatic carbocycles. The van der Waals surface area contributed by atoms with Gasteiger partial charge < -0.3 is 15.0 Å². The van der Waals surface area contributed by atoms with Crippen LogP contribution < -0.4 is 10.1 Å². The molecule has 32 heavy (non-hydrogen) atoms. The molecule has 1 unspecified atom stereocenters. The molecule has 3 aliphatic rings. The Morgan fingerprint density at radius 1 is 1.03 bits per heavy atom. The molecule has 2 amide bonds. The number of rotatable bonds is 5. The molecule has 170 valence electrons. The van der Waals surface area contributed by atoms with Crippen LogP contribution in [0.5, 0.6) is 5.75 Å². The largest absolute Gasteiger partial charge is 0.495 e. The lowest BCUT2D eigenvalue weighted by atomic mass is 9.62. The zero-order valence-corrected chi connectivity index (χ0v) is 19.5. The van der Waals surface area contributed by atoms with Gasteiger partial charge in [-0.25, -0.2) is 4.79 Å². The summed E-state index contributed by atoms with van der Waals surface area (Å²) in [4.78, 5) is 17.5. The highest BCUT2D eigenvalue weighted by molar-refractivity contribution is 5.91. The fourth-order valence-electron chi connectivity index (χ4n) is 5.70. The van der Waals surface area contributed by atoms with E-state index in [9.17, 15) is 4.79 Å². The number of urea groups is 1. The summed E-state index contributed by atoms with van der Waals surface area (Å²) in [7, 11) is 1.63. The number of likely N-dealkylation sites (tertiary alicyclic amines) is 2. The molecule has 0 radical (unpaired) electrons. The summed E-state index contributed by atoms with van der Waals surface area (Å²) in [6.07, 6.45) is 4.78. The maximum atomic E-state index is 12.9. The summed E-state index contributed by atoms with van der Waals surface area (Å²) < 4.78 is 5.38. The molecule has 1 N–H and O–H groups in total. The third-order valence-electron chi connectivity index (χ3n) is 7.77. The molecule has 1 saturated carbocycles. The Hall–Kier alpha value is -2.53. The van der Waals surface area contributed by atoms with Gasteiger partial charge in [-0.2, -0.15) is 0 Å². The van der Waals surface area contributed by atoms with Crippen LogP contribution >= 0.6 is 0 Å². The third kappa shape index (κ3) is 3.88. The molecular formula is C27H35N3O2. The number of carbonyl (C=O) groups is 1. The highest BCUT2D eigenvalue weighted by Crippen LogP contribution is 2.56. The van der Waals surface area contributed by atoms with Crippen molar-refractivity contribution in [3.63, 3.8) is 0 Å². The van der Waals surface area contributed by atoms with Gasteiger partial charge >= 0.3 is 6.03 Å². The Balaban J connectivity index is 1.27. The highest BCUT2D eigenvalue weighted by atomic mass is 16.5. The first-order valence-corrected chi connectivity index (χ1v) is 12.1. The molecule has 0 bridgehead atoms. The number of amides is 2. The number of benzene rings is 2. The van der Waals surface area contributed by atoms with E-state index in [-0.39, 0.29) is 11.4 Å². The summed E-state index contributed by atoms with van der Waals surface area (Å²) in [5.74, 6) is 1.49. The molecule has 3 fully saturated rings. The van der Waals surface area contributed by atoms with E-state index in [0.717, 1.165) is 44.1 Å². The average Bonchev–Trinajstić information content (AvgIpc) is 3.64. The zero-order valence-electron chi connectivity index (χ0n) is 19.5. The van der Waals surface area contributed by atoms with Gasteiger partial charge in [-0.05, 0) is 68.7 Å². The Morgan fingerprint density at radius 3 is 2.31 bits per heavy atom. The molecule has 1 atom stereocenters. The lowest BCUT2D eigenvalue weighted by Gasteiger charge is -2.62. The minimum absolute atomic E-state index is 0.0327. The number of hydrogen-bond acceptors (Lipinski definition) is 3. The van der Waals surface area contributed by atoms with E-state index in [0.29, 0.717) is 17.8 Å². The highest BCUT2D eigenvalue weighted by Gasteiger charge is 2.54. The third-order valence-corrected chi connectivity index (χ3v) is 7.77. The van der Waals surface area contributed by atoms with Crippen LogP contribution in [0.1, 0.15) is 62.6 Å². The molecule has 5 rings (SSSR count). The number of methoxy groups -OCH3 is 1. The first kappa shape index (κ1) is 21.3. The molecule has 2 aliphatic heterocycles. The fourth-order valence-corrected chi connectivity index (χ4v) is 5.70. The first-order chi connectivity index (χ1) is 15.5. The van der Waals surface area contributed by atoms with E-state index >= 15 is 0 Å². The van der Waals surface area contributed by atoms with E-state index in [4.69, 9.17) is 4.74 Å². The van der Waals surface area contributed by atoms with Crippen LogP contribution in [0.3, 0.4) is 0 Å². The Bertz CT molecular complexity index is 959. The van der Waals surface area contributed by atoms with E-state index in [1.54, 1.807) is 7.11 Å². The van der Waals surface area contributed by atoms with Crippen LogP contribution in [0.15, 0.2) is 48.5 Å². The minimum atomic E-state index is -0.0327. The molecule has 5 nitrogen and oxygen atoms in total. The molecule has 0 aromatic heterocycles. The number of nitrogens with zero attached hydrogens (tertiary/aromatic N) is 2. The van der Waals surface area contributed by atoms with Crippen LogP contribution in [0.2, 0.25) is 0 Å². The lowest BCUT2D eigenvalue weighted by molar-refractivity contribution is -0.123. The summed E-state index contributed by atoms with van der Waals surface area (Å²) >= 11 is 0. The molecule has 2 heterocycles. The number of anilines is 1. The second-order valence-corrected chi connectivity index (χ2v) is 10.1. The number of piperidine rings is 1. The van der Waals surface area contributed by atoms with Crippen LogP contribution in [-0.2, 0) is 0 Å². The molecular weight excluding hydrogens is 398 g/mol. The smallest absolute Gasteiger partial charge is 0.321 e. The van der Waals surface area contributed by atoms with Gasteiger partial charge in [0.2, 0.25) is 0 Å². The summed E-state index contributed by atoms with van der Waals surface area (Å²) in [5, 5.41) is 3.04. The molecule has 2 aromatic rings. The summed E-state index contributed by atoms with van der Waals surface area (Å²) in [6.45, 7) is 7.32. The fraction of sp³-hybridized carbons (Fsp3) is 0.519. The van der Waals surface area contributed by atoms with Gasteiger partial charge in [-0.1, -0.05) is 36.4 Å². The van der Waals surface area contributed by atoms with Gasteiger partial charge in [0.1, 0.15) is 5.75 Å². The number of carbonyl (C=O) groups excluding carboxylic acids is 1. The van der Waals surface area contributed by atoms with E-state index in [2.05, 4.69) is 48.3 Å². The molecule has 5 heteroatoms. The van der Waals surface area contributed by atoms with E-state index in [1.807, 2.05) is 29.2 Å². The van der Waals surface area contributed by atoms with Crippen molar-refractivity contribution in [1.29, 1.82) is 0 Å². The van der Waals surface area contributed by atoms with Gasteiger partial charge in [-0.3, -0.25) is 4.90 Å². The van der Waals surface area contributed by atoms with Gasteiger partial charge in [0, 0.05) is 37.1 Å². The van der Waals surface area contributed by atoms with Gasteiger partial charge in [0.15, 0.2) is 0 Å². The van der Waals surface area contributed by atoms with Crippen LogP contribution in [0, 0.1) is 5.41 Å². The van der Waals surface area contributed by atoms with Crippen molar-refractivity contribution in [3.05, 3.63) is 59.7 Å². The second-order valence-electron chi connectivity index (χ2n) is 10.1. The van der Waals surface area contributed by atoms with Crippen molar-refractivity contribution in [2.75, 3.05) is 32.1 Å². The van der Waals surface area contributed by atoms with Crippen molar-refractivity contribution in [3.8, 4) is 5.75 Å². The predicted molar refractivity (Wildman–Crippen MR) is 128 cm³/mol. The van der Waals surface area contributed by atoms with Crippen LogP contribution in [0.25, 0.3) is 0 Å². The Morgan fingerprint density at radius 2 is 1.69 bits per heavy atom.